The maximum Gasteiger partial charge on any atom is 0.251 e. The number of benzene rings is 1. The van der Waals surface area contributed by atoms with Crippen molar-refractivity contribution in [1.29, 1.82) is 0 Å². The summed E-state index contributed by atoms with van der Waals surface area (Å²) in [5.41, 5.74) is 2.68. The molecule has 7 heteroatoms. The van der Waals surface area contributed by atoms with E-state index < -0.39 is 9.84 Å². The first-order valence-corrected chi connectivity index (χ1v) is 10.0. The molecule has 2 N–H and O–H groups in total. The molecule has 2 aromatic rings. The molecule has 3 rings (SSSR count). The summed E-state index contributed by atoms with van der Waals surface area (Å²) in [5, 5.41) is 5.99. The highest BCUT2D eigenvalue weighted by Gasteiger charge is 2.27. The number of aromatic nitrogens is 1. The van der Waals surface area contributed by atoms with E-state index in [9.17, 15) is 13.2 Å². The van der Waals surface area contributed by atoms with Gasteiger partial charge in [-0.1, -0.05) is 29.8 Å². The molecule has 1 amide bonds. The van der Waals surface area contributed by atoms with E-state index in [1.807, 2.05) is 31.2 Å². The minimum Gasteiger partial charge on any atom is -0.366 e. The average Bonchev–Trinajstić information content (AvgIpc) is 2.91. The van der Waals surface area contributed by atoms with Gasteiger partial charge in [-0.15, -0.1) is 0 Å². The molecule has 1 atom stereocenters. The zero-order valence-electron chi connectivity index (χ0n) is 14.0. The van der Waals surface area contributed by atoms with Crippen LogP contribution in [0.25, 0.3) is 0 Å². The highest BCUT2D eigenvalue weighted by atomic mass is 32.2. The molecule has 1 aromatic heterocycles. The van der Waals surface area contributed by atoms with Gasteiger partial charge >= 0.3 is 0 Å². The molecular formula is C18H21N3O3S. The Kier molecular flexibility index (Phi) is 5.03. The number of aryl methyl sites for hydroxylation is 1. The SMILES string of the molecule is Cc1cccc(CNC(=O)c2ccnc(NC3CCS(=O)(=O)C3)c2)c1. The number of hydrogen-bond donors (Lipinski definition) is 2. The Morgan fingerprint density at radius 2 is 2.12 bits per heavy atom. The van der Waals surface area contributed by atoms with Crippen molar-refractivity contribution in [3.05, 3.63) is 59.3 Å². The molecule has 1 unspecified atom stereocenters. The summed E-state index contributed by atoms with van der Waals surface area (Å²) in [5.74, 6) is 0.635. The number of carbonyl (C=O) groups excluding carboxylic acids is 1. The molecule has 132 valence electrons. The summed E-state index contributed by atoms with van der Waals surface area (Å²) in [6, 6.07) is 11.1. The number of nitrogens with one attached hydrogen (secondary N) is 2. The highest BCUT2D eigenvalue weighted by Crippen LogP contribution is 2.17. The first kappa shape index (κ1) is 17.4. The second-order valence-corrected chi connectivity index (χ2v) is 8.57. The van der Waals surface area contributed by atoms with Gasteiger partial charge < -0.3 is 10.6 Å². The number of hydrogen-bond acceptors (Lipinski definition) is 5. The van der Waals surface area contributed by atoms with E-state index in [0.29, 0.717) is 24.3 Å². The van der Waals surface area contributed by atoms with E-state index in [1.54, 1.807) is 18.3 Å². The van der Waals surface area contributed by atoms with Crippen molar-refractivity contribution in [2.45, 2.75) is 25.9 Å². The fourth-order valence-electron chi connectivity index (χ4n) is 2.88. The second kappa shape index (κ2) is 7.23. The lowest BCUT2D eigenvalue weighted by Gasteiger charge is -2.12. The molecular weight excluding hydrogens is 338 g/mol. The Balaban J connectivity index is 1.61. The molecule has 1 saturated heterocycles. The van der Waals surface area contributed by atoms with E-state index >= 15 is 0 Å². The minimum absolute atomic E-state index is 0.110. The molecule has 25 heavy (non-hydrogen) atoms. The smallest absolute Gasteiger partial charge is 0.251 e. The van der Waals surface area contributed by atoms with E-state index in [-0.39, 0.29) is 23.5 Å². The molecule has 0 saturated carbocycles. The number of carbonyl (C=O) groups is 1. The molecule has 0 radical (unpaired) electrons. The number of anilines is 1. The van der Waals surface area contributed by atoms with Crippen LogP contribution in [0.15, 0.2) is 42.6 Å². The molecule has 6 nitrogen and oxygen atoms in total. The summed E-state index contributed by atoms with van der Waals surface area (Å²) in [4.78, 5) is 16.5. The second-order valence-electron chi connectivity index (χ2n) is 6.35. The Morgan fingerprint density at radius 3 is 2.84 bits per heavy atom. The molecule has 0 aliphatic carbocycles. The fraction of sp³-hybridized carbons (Fsp3) is 0.333. The van der Waals surface area contributed by atoms with Crippen molar-refractivity contribution in [1.82, 2.24) is 10.3 Å². The minimum atomic E-state index is -2.95. The van der Waals surface area contributed by atoms with Gasteiger partial charge in [-0.2, -0.15) is 0 Å². The normalized spacial score (nSPS) is 18.7. The molecule has 0 spiro atoms. The topological polar surface area (TPSA) is 88.2 Å². The quantitative estimate of drug-likeness (QED) is 0.851. The summed E-state index contributed by atoms with van der Waals surface area (Å²) >= 11 is 0. The predicted octanol–water partition coefficient (Wildman–Crippen LogP) is 1.92. The monoisotopic (exact) mass is 359 g/mol. The first-order valence-electron chi connectivity index (χ1n) is 8.18. The largest absolute Gasteiger partial charge is 0.366 e. The van der Waals surface area contributed by atoms with Gasteiger partial charge in [0.15, 0.2) is 9.84 Å². The molecule has 1 aliphatic heterocycles. The Labute approximate surface area is 147 Å². The lowest BCUT2D eigenvalue weighted by atomic mass is 10.1. The van der Waals surface area contributed by atoms with E-state index in [4.69, 9.17) is 0 Å². The summed E-state index contributed by atoms with van der Waals surface area (Å²) in [7, 11) is -2.95. The van der Waals surface area contributed by atoms with Crippen molar-refractivity contribution in [3.8, 4) is 0 Å². The van der Waals surface area contributed by atoms with Gasteiger partial charge in [-0.3, -0.25) is 4.79 Å². The van der Waals surface area contributed by atoms with Crippen LogP contribution in [-0.4, -0.2) is 36.9 Å². The zero-order chi connectivity index (χ0) is 17.9. The molecule has 1 aromatic carbocycles. The standard InChI is InChI=1S/C18H21N3O3S/c1-13-3-2-4-14(9-13)11-20-18(22)15-5-7-19-17(10-15)21-16-6-8-25(23,24)12-16/h2-5,7,9-10,16H,6,8,11-12H2,1H3,(H,19,21)(H,20,22). The Bertz CT molecular complexity index is 881. The van der Waals surface area contributed by atoms with Crippen LogP contribution in [0.4, 0.5) is 5.82 Å². The van der Waals surface area contributed by atoms with Crippen LogP contribution in [-0.2, 0) is 16.4 Å². The number of nitrogens with zero attached hydrogens (tertiary/aromatic N) is 1. The number of rotatable bonds is 5. The lowest BCUT2D eigenvalue weighted by Crippen LogP contribution is -2.24. The van der Waals surface area contributed by atoms with Gasteiger partial charge in [0, 0.05) is 24.3 Å². The van der Waals surface area contributed by atoms with Gasteiger partial charge in [-0.05, 0) is 31.0 Å². The van der Waals surface area contributed by atoms with Crippen LogP contribution in [0.3, 0.4) is 0 Å². The summed E-state index contributed by atoms with van der Waals surface area (Å²) in [6.45, 7) is 2.46. The van der Waals surface area contributed by atoms with Gasteiger partial charge in [0.25, 0.3) is 5.91 Å². The molecule has 1 aliphatic rings. The van der Waals surface area contributed by atoms with E-state index in [0.717, 1.165) is 11.1 Å². The number of amides is 1. The van der Waals surface area contributed by atoms with Crippen LogP contribution in [0.2, 0.25) is 0 Å². The zero-order valence-corrected chi connectivity index (χ0v) is 14.8. The fourth-order valence-corrected chi connectivity index (χ4v) is 4.55. The number of sulfone groups is 1. The van der Waals surface area contributed by atoms with Crippen molar-refractivity contribution in [2.75, 3.05) is 16.8 Å². The first-order chi connectivity index (χ1) is 11.9. The third-order valence-electron chi connectivity index (χ3n) is 4.14. The third-order valence-corrected chi connectivity index (χ3v) is 5.91. The van der Waals surface area contributed by atoms with Crippen LogP contribution in [0.5, 0.6) is 0 Å². The van der Waals surface area contributed by atoms with E-state index in [2.05, 4.69) is 15.6 Å². The third kappa shape index (κ3) is 4.79. The van der Waals surface area contributed by atoms with Crippen LogP contribution < -0.4 is 10.6 Å². The van der Waals surface area contributed by atoms with Crippen molar-refractivity contribution in [2.24, 2.45) is 0 Å². The summed E-state index contributed by atoms with van der Waals surface area (Å²) in [6.07, 6.45) is 2.11. The highest BCUT2D eigenvalue weighted by molar-refractivity contribution is 7.91. The maximum atomic E-state index is 12.3. The van der Waals surface area contributed by atoms with Gasteiger partial charge in [0.2, 0.25) is 0 Å². The Hall–Kier alpha value is -2.41. The molecule has 1 fully saturated rings. The van der Waals surface area contributed by atoms with Gasteiger partial charge in [-0.25, -0.2) is 13.4 Å². The lowest BCUT2D eigenvalue weighted by molar-refractivity contribution is 0.0951. The van der Waals surface area contributed by atoms with Crippen LogP contribution >= 0.6 is 0 Å². The van der Waals surface area contributed by atoms with Gasteiger partial charge in [0.1, 0.15) is 5.82 Å². The van der Waals surface area contributed by atoms with Crippen molar-refractivity contribution >= 4 is 21.6 Å². The van der Waals surface area contributed by atoms with Crippen LogP contribution in [0.1, 0.15) is 27.9 Å². The van der Waals surface area contributed by atoms with Crippen molar-refractivity contribution in [3.63, 3.8) is 0 Å². The maximum absolute atomic E-state index is 12.3. The number of pyridine rings is 1. The predicted molar refractivity (Wildman–Crippen MR) is 97.3 cm³/mol. The van der Waals surface area contributed by atoms with Crippen LogP contribution in [0, 0.1) is 6.92 Å². The molecule has 0 bridgehead atoms. The molecule has 2 heterocycles. The summed E-state index contributed by atoms with van der Waals surface area (Å²) < 4.78 is 23.1. The van der Waals surface area contributed by atoms with Crippen molar-refractivity contribution < 1.29 is 13.2 Å². The Morgan fingerprint density at radius 1 is 1.28 bits per heavy atom. The average molecular weight is 359 g/mol. The van der Waals surface area contributed by atoms with E-state index in [1.165, 1.54) is 0 Å². The van der Waals surface area contributed by atoms with Gasteiger partial charge in [0.05, 0.1) is 11.5 Å².